The van der Waals surface area contributed by atoms with E-state index in [2.05, 4.69) is 10.0 Å². The third-order valence-electron chi connectivity index (χ3n) is 7.10. The number of hydrogen-bond donors (Lipinski definition) is 6. The third-order valence-corrected chi connectivity index (χ3v) is 8.57. The fourth-order valence-corrected chi connectivity index (χ4v) is 6.17. The number of benzene rings is 3. The Balaban J connectivity index is 1.54. The number of hydrogen-bond acceptors (Lipinski definition) is 5. The highest BCUT2D eigenvalue weighted by atomic mass is 32.2. The number of likely N-dealkylation sites (tertiary alicyclic amines) is 1. The molecule has 0 radical (unpaired) electrons. The summed E-state index contributed by atoms with van der Waals surface area (Å²) in [6.45, 7) is 1.64. The zero-order chi connectivity index (χ0) is 28.0. The summed E-state index contributed by atoms with van der Waals surface area (Å²) in [5.74, 6) is -0.0513. The molecule has 0 saturated carbocycles. The maximum atomic E-state index is 13.7. The fourth-order valence-electron chi connectivity index (χ4n) is 4.94. The summed E-state index contributed by atoms with van der Waals surface area (Å²) in [5, 5.41) is 19.6. The highest BCUT2D eigenvalue weighted by Gasteiger charge is 2.32. The molecule has 1 saturated heterocycles. The highest BCUT2D eigenvalue weighted by molar-refractivity contribution is 7.89. The van der Waals surface area contributed by atoms with Crippen molar-refractivity contribution in [1.29, 1.82) is 10.8 Å². The first kappa shape index (κ1) is 28.1. The lowest BCUT2D eigenvalue weighted by atomic mass is 9.93. The van der Waals surface area contributed by atoms with Gasteiger partial charge in [-0.3, -0.25) is 15.6 Å². The molecule has 8 N–H and O–H groups in total. The number of amides is 1. The van der Waals surface area contributed by atoms with Crippen molar-refractivity contribution in [3.8, 4) is 0 Å². The van der Waals surface area contributed by atoms with E-state index in [1.54, 1.807) is 47.4 Å². The predicted octanol–water partition coefficient (Wildman–Crippen LogP) is 2.13. The molecule has 1 aliphatic rings. The van der Waals surface area contributed by atoms with E-state index in [1.807, 2.05) is 24.3 Å². The monoisotopic (exact) mass is 549 g/mol. The molecule has 1 atom stereocenters. The number of rotatable bonds is 10. The molecule has 0 unspecified atom stereocenters. The quantitative estimate of drug-likeness (QED) is 0.167. The van der Waals surface area contributed by atoms with Crippen LogP contribution in [0, 0.1) is 16.7 Å². The van der Waals surface area contributed by atoms with E-state index in [9.17, 15) is 13.2 Å². The number of sulfonamides is 1. The van der Waals surface area contributed by atoms with Crippen LogP contribution in [0.25, 0.3) is 10.8 Å². The van der Waals surface area contributed by atoms with Crippen LogP contribution in [0.15, 0.2) is 71.6 Å². The van der Waals surface area contributed by atoms with E-state index in [0.29, 0.717) is 36.7 Å². The number of piperidine rings is 1. The summed E-state index contributed by atoms with van der Waals surface area (Å²) in [5.41, 5.74) is 12.2. The molecule has 1 heterocycles. The van der Waals surface area contributed by atoms with Gasteiger partial charge >= 0.3 is 0 Å². The Morgan fingerprint density at radius 3 is 2.38 bits per heavy atom. The van der Waals surface area contributed by atoms with Gasteiger partial charge in [-0.15, -0.1) is 0 Å². The van der Waals surface area contributed by atoms with Crippen molar-refractivity contribution in [3.63, 3.8) is 0 Å². The average Bonchev–Trinajstić information content (AvgIpc) is 2.92. The van der Waals surface area contributed by atoms with E-state index in [4.69, 9.17) is 22.3 Å². The average molecular weight is 550 g/mol. The van der Waals surface area contributed by atoms with E-state index in [1.165, 1.54) is 0 Å². The van der Waals surface area contributed by atoms with Crippen molar-refractivity contribution in [3.05, 3.63) is 77.9 Å². The first-order chi connectivity index (χ1) is 18.6. The SMILES string of the molecule is N=C(N)NCCC1CCN(C(=O)[C@H](Cc2cccc(C(=N)N)c2)NS(=O)(=O)c2ccc3ccccc3c2)CC1. The minimum absolute atomic E-state index is 0.0574. The van der Waals surface area contributed by atoms with Gasteiger partial charge in [-0.2, -0.15) is 4.72 Å². The molecule has 206 valence electrons. The van der Waals surface area contributed by atoms with Crippen molar-refractivity contribution in [2.45, 2.75) is 36.6 Å². The lowest BCUT2D eigenvalue weighted by Gasteiger charge is -2.34. The Bertz CT molecular complexity index is 1470. The smallest absolute Gasteiger partial charge is 0.241 e. The summed E-state index contributed by atoms with van der Waals surface area (Å²) in [6, 6.07) is 18.3. The zero-order valence-electron chi connectivity index (χ0n) is 21.7. The van der Waals surface area contributed by atoms with Crippen LogP contribution in [0.2, 0.25) is 0 Å². The molecular weight excluding hydrogens is 514 g/mol. The number of nitrogen functional groups attached to an aromatic ring is 1. The van der Waals surface area contributed by atoms with Crippen LogP contribution in [0.5, 0.6) is 0 Å². The molecule has 0 aromatic heterocycles. The number of amidine groups is 1. The number of fused-ring (bicyclic) bond motifs is 1. The molecule has 1 aliphatic heterocycles. The van der Waals surface area contributed by atoms with Gasteiger partial charge in [-0.1, -0.05) is 48.5 Å². The van der Waals surface area contributed by atoms with Crippen molar-refractivity contribution >= 4 is 38.5 Å². The van der Waals surface area contributed by atoms with Crippen molar-refractivity contribution in [2.24, 2.45) is 17.4 Å². The van der Waals surface area contributed by atoms with E-state index in [-0.39, 0.29) is 29.0 Å². The number of nitrogens with one attached hydrogen (secondary N) is 4. The lowest BCUT2D eigenvalue weighted by Crippen LogP contribution is -2.51. The van der Waals surface area contributed by atoms with Crippen LogP contribution in [-0.4, -0.2) is 56.7 Å². The molecule has 39 heavy (non-hydrogen) atoms. The highest BCUT2D eigenvalue weighted by Crippen LogP contribution is 2.23. The number of carbonyl (C=O) groups is 1. The first-order valence-corrected chi connectivity index (χ1v) is 14.4. The standard InChI is InChI=1S/C28H35N7O3S/c29-26(30)23-7-3-4-20(16-23)17-25(27(36)35-14-11-19(12-15-35)10-13-33-28(31)32)34-39(37,38)24-9-8-21-5-1-2-6-22(21)18-24/h1-9,16,18-19,25,34H,10-15,17H2,(H3,29,30)(H4,31,32,33)/t25-/m0/s1. The van der Waals surface area contributed by atoms with Crippen LogP contribution in [0.1, 0.15) is 30.4 Å². The number of nitrogens with zero attached hydrogens (tertiary/aromatic N) is 1. The van der Waals surface area contributed by atoms with Gasteiger partial charge in [0.15, 0.2) is 5.96 Å². The van der Waals surface area contributed by atoms with E-state index in [0.717, 1.165) is 30.0 Å². The second kappa shape index (κ2) is 12.3. The zero-order valence-corrected chi connectivity index (χ0v) is 22.5. The topological polar surface area (TPSA) is 178 Å². The summed E-state index contributed by atoms with van der Waals surface area (Å²) < 4.78 is 29.7. The Morgan fingerprint density at radius 2 is 1.69 bits per heavy atom. The fraction of sp³-hybridized carbons (Fsp3) is 0.321. The van der Waals surface area contributed by atoms with Gasteiger partial charge in [0.25, 0.3) is 0 Å². The molecule has 3 aromatic carbocycles. The molecule has 0 spiro atoms. The number of carbonyl (C=O) groups excluding carboxylic acids is 1. The Labute approximate surface area is 228 Å². The Hall–Kier alpha value is -3.96. The first-order valence-electron chi connectivity index (χ1n) is 12.9. The van der Waals surface area contributed by atoms with Crippen molar-refractivity contribution in [2.75, 3.05) is 19.6 Å². The molecular formula is C28H35N7O3S. The Kier molecular flexibility index (Phi) is 8.82. The summed E-state index contributed by atoms with van der Waals surface area (Å²) in [6.07, 6.45) is 2.54. The van der Waals surface area contributed by atoms with Gasteiger partial charge in [0.2, 0.25) is 15.9 Å². The molecule has 3 aromatic rings. The normalized spacial score (nSPS) is 15.1. The predicted molar refractivity (Wildman–Crippen MR) is 153 cm³/mol. The molecule has 0 aliphatic carbocycles. The van der Waals surface area contributed by atoms with Gasteiger partial charge in [0.05, 0.1) is 4.90 Å². The summed E-state index contributed by atoms with van der Waals surface area (Å²) in [7, 11) is -4.02. The maximum Gasteiger partial charge on any atom is 0.241 e. The molecule has 10 nitrogen and oxygen atoms in total. The van der Waals surface area contributed by atoms with E-state index >= 15 is 0 Å². The summed E-state index contributed by atoms with van der Waals surface area (Å²) >= 11 is 0. The van der Waals surface area contributed by atoms with Crippen LogP contribution in [-0.2, 0) is 21.2 Å². The number of guanidine groups is 1. The maximum absolute atomic E-state index is 13.7. The van der Waals surface area contributed by atoms with Crippen LogP contribution in [0.4, 0.5) is 0 Å². The van der Waals surface area contributed by atoms with Gasteiger partial charge in [-0.05, 0) is 66.1 Å². The minimum Gasteiger partial charge on any atom is -0.384 e. The van der Waals surface area contributed by atoms with Gasteiger partial charge in [0, 0.05) is 25.2 Å². The van der Waals surface area contributed by atoms with Crippen molar-refractivity contribution in [1.82, 2.24) is 14.9 Å². The van der Waals surface area contributed by atoms with E-state index < -0.39 is 16.1 Å². The van der Waals surface area contributed by atoms with Crippen molar-refractivity contribution < 1.29 is 13.2 Å². The molecule has 1 fully saturated rings. The van der Waals surface area contributed by atoms with Gasteiger partial charge < -0.3 is 21.7 Å². The largest absolute Gasteiger partial charge is 0.384 e. The third kappa shape index (κ3) is 7.33. The van der Waals surface area contributed by atoms with Crippen LogP contribution < -0.4 is 21.5 Å². The number of nitrogens with two attached hydrogens (primary N) is 2. The molecule has 1 amide bonds. The second-order valence-electron chi connectivity index (χ2n) is 9.90. The second-order valence-corrected chi connectivity index (χ2v) is 11.6. The Morgan fingerprint density at radius 1 is 0.974 bits per heavy atom. The van der Waals surface area contributed by atoms with Gasteiger partial charge in [-0.25, -0.2) is 8.42 Å². The summed E-state index contributed by atoms with van der Waals surface area (Å²) in [4.78, 5) is 15.5. The molecule has 11 heteroatoms. The molecule has 0 bridgehead atoms. The van der Waals surface area contributed by atoms with Gasteiger partial charge in [0.1, 0.15) is 11.9 Å². The minimum atomic E-state index is -4.02. The van der Waals surface area contributed by atoms with Crippen LogP contribution in [0.3, 0.4) is 0 Å². The van der Waals surface area contributed by atoms with Crippen LogP contribution >= 0.6 is 0 Å². The molecule has 4 rings (SSSR count). The lowest BCUT2D eigenvalue weighted by molar-refractivity contribution is -0.134.